The van der Waals surface area contributed by atoms with Gasteiger partial charge in [-0.3, -0.25) is 9.36 Å². The fourth-order valence-electron chi connectivity index (χ4n) is 7.62. The molecule has 0 spiro atoms. The van der Waals surface area contributed by atoms with Gasteiger partial charge in [-0.2, -0.15) is 14.8 Å². The Morgan fingerprint density at radius 3 is 2.20 bits per heavy atom. The van der Waals surface area contributed by atoms with E-state index in [-0.39, 0.29) is 55.3 Å². The number of nitrogens with zero attached hydrogens (tertiary/aromatic N) is 4. The second-order valence-corrected chi connectivity index (χ2v) is 17.4. The van der Waals surface area contributed by atoms with Crippen molar-refractivity contribution >= 4 is 19.6 Å². The highest BCUT2D eigenvalue weighted by Crippen LogP contribution is 2.62. The van der Waals surface area contributed by atoms with Crippen LogP contribution in [0, 0.1) is 24.2 Å². The molecule has 0 radical (unpaired) electrons. The maximum absolute atomic E-state index is 13.7. The van der Waals surface area contributed by atoms with Crippen molar-refractivity contribution < 1.29 is 28.4 Å². The van der Waals surface area contributed by atoms with Gasteiger partial charge >= 0.3 is 13.6 Å². The van der Waals surface area contributed by atoms with Crippen LogP contribution >= 0.6 is 7.87 Å². The maximum atomic E-state index is 13.7. The number of nitrogens with one attached hydrogen (secondary N) is 1. The van der Waals surface area contributed by atoms with Gasteiger partial charge in [0.25, 0.3) is 0 Å². The molecule has 4 atom stereocenters. The predicted octanol–water partition coefficient (Wildman–Crippen LogP) is 7.72. The first-order valence-corrected chi connectivity index (χ1v) is 20.7. The number of aromatic nitrogens is 2. The van der Waals surface area contributed by atoms with Crippen LogP contribution in [0.15, 0.2) is 89.9 Å². The third-order valence-electron chi connectivity index (χ3n) is 10.0. The molecule has 2 aliphatic heterocycles. The molecule has 0 aliphatic carbocycles. The highest BCUT2D eigenvalue weighted by Gasteiger charge is 2.53. The standard InChI is InChI=1S/C42H50N5O7P/c1-27(2)40(48)44-39-30(7)25-46(41(49)45-39)38-24-36(37(53-38)26-51-55(50,23-15-22-43)47(28(3)4)29(5)6)54-42(31-16-9-8-10-17-31)32-18-11-13-20-34(32)52-35-21-14-12-19-33(35)42/h8-14,16-21,25,27-29,36-38,50H,15,23-24,26H2,1-7H3/p+1/t36-,37+,38+,55?/m0/s1. The molecular weight excluding hydrogens is 717 g/mol. The second-order valence-electron chi connectivity index (χ2n) is 14.9. The van der Waals surface area contributed by atoms with Crippen molar-refractivity contribution in [1.29, 1.82) is 5.26 Å². The Kier molecular flexibility index (Phi) is 12.2. The molecule has 1 fully saturated rings. The van der Waals surface area contributed by atoms with Crippen molar-refractivity contribution in [2.75, 3.05) is 18.1 Å². The summed E-state index contributed by atoms with van der Waals surface area (Å²) in [5.41, 5.74) is 1.28. The zero-order valence-corrected chi connectivity index (χ0v) is 33.4. The second kappa shape index (κ2) is 16.7. The molecule has 1 saturated heterocycles. The lowest BCUT2D eigenvalue weighted by atomic mass is 9.77. The van der Waals surface area contributed by atoms with Crippen LogP contribution in [-0.2, 0) is 24.4 Å². The molecule has 6 rings (SSSR count). The summed E-state index contributed by atoms with van der Waals surface area (Å²) in [6.07, 6.45) is -0.194. The van der Waals surface area contributed by atoms with Gasteiger partial charge in [0.15, 0.2) is 5.60 Å². The number of aryl methyl sites for hydroxylation is 1. The lowest BCUT2D eigenvalue weighted by molar-refractivity contribution is -0.118. The number of fused-ring (bicyclic) bond motifs is 2. The molecule has 290 valence electrons. The number of ether oxygens (including phenoxy) is 3. The average molecular weight is 769 g/mol. The van der Waals surface area contributed by atoms with Crippen LogP contribution in [0.25, 0.3) is 0 Å². The van der Waals surface area contributed by atoms with Gasteiger partial charge in [0.1, 0.15) is 42.4 Å². The van der Waals surface area contributed by atoms with Crippen molar-refractivity contribution in [2.24, 2.45) is 5.92 Å². The van der Waals surface area contributed by atoms with Gasteiger partial charge in [-0.15, -0.1) is 4.67 Å². The van der Waals surface area contributed by atoms with Crippen molar-refractivity contribution in [3.8, 4) is 17.6 Å². The van der Waals surface area contributed by atoms with E-state index >= 15 is 0 Å². The van der Waals surface area contributed by atoms with Crippen LogP contribution in [0.5, 0.6) is 11.5 Å². The molecule has 3 aromatic carbocycles. The minimum atomic E-state index is -3.31. The van der Waals surface area contributed by atoms with Gasteiger partial charge in [0.2, 0.25) is 5.91 Å². The molecule has 1 aromatic heterocycles. The zero-order valence-electron chi connectivity index (χ0n) is 32.5. The minimum absolute atomic E-state index is 0.0692. The van der Waals surface area contributed by atoms with Crippen LogP contribution in [0.3, 0.4) is 0 Å². The normalized spacial score (nSPS) is 19.8. The monoisotopic (exact) mass is 768 g/mol. The van der Waals surface area contributed by atoms with Crippen molar-refractivity contribution in [2.45, 2.75) is 97.4 Å². The number of hydrogen-bond donors (Lipinski definition) is 2. The van der Waals surface area contributed by atoms with E-state index in [2.05, 4.69) is 16.4 Å². The summed E-state index contributed by atoms with van der Waals surface area (Å²) in [5.74, 6) is 0.936. The van der Waals surface area contributed by atoms with E-state index < -0.39 is 37.6 Å². The van der Waals surface area contributed by atoms with Gasteiger partial charge in [0, 0.05) is 47.3 Å². The topological polar surface area (TPSA) is 148 Å². The first-order valence-electron chi connectivity index (χ1n) is 18.9. The van der Waals surface area contributed by atoms with Crippen LogP contribution in [0.4, 0.5) is 5.82 Å². The Morgan fingerprint density at radius 1 is 1.02 bits per heavy atom. The number of carbonyl (C=O) groups is 1. The van der Waals surface area contributed by atoms with Crippen molar-refractivity contribution in [3.05, 3.63) is 118 Å². The molecule has 1 amide bonds. The molecular formula is C42H51N5O7P+. The van der Waals surface area contributed by atoms with Crippen LogP contribution in [0.1, 0.15) is 82.9 Å². The van der Waals surface area contributed by atoms with E-state index in [1.807, 2.05) is 111 Å². The summed E-state index contributed by atoms with van der Waals surface area (Å²) >= 11 is 0. The summed E-state index contributed by atoms with van der Waals surface area (Å²) < 4.78 is 30.6. The smallest absolute Gasteiger partial charge is 0.351 e. The molecule has 1 unspecified atom stereocenters. The molecule has 55 heavy (non-hydrogen) atoms. The Morgan fingerprint density at radius 2 is 1.62 bits per heavy atom. The summed E-state index contributed by atoms with van der Waals surface area (Å²) in [4.78, 5) is 42.7. The number of nitriles is 1. The maximum Gasteiger partial charge on any atom is 0.351 e. The van der Waals surface area contributed by atoms with E-state index in [0.29, 0.717) is 17.1 Å². The van der Waals surface area contributed by atoms with E-state index in [4.69, 9.17) is 18.7 Å². The highest BCUT2D eigenvalue weighted by molar-refractivity contribution is 7.63. The number of carbonyl (C=O) groups excluding carboxylic acids is 1. The van der Waals surface area contributed by atoms with Crippen LogP contribution in [-0.4, -0.2) is 62.1 Å². The summed E-state index contributed by atoms with van der Waals surface area (Å²) in [6.45, 7) is 13.2. The fraction of sp³-hybridized carbons (Fsp3) is 0.429. The molecule has 3 heterocycles. The van der Waals surface area contributed by atoms with Crippen molar-refractivity contribution in [1.82, 2.24) is 14.2 Å². The number of amides is 1. The number of benzene rings is 3. The SMILES string of the molecule is Cc1cn([C@H]2C[C@H](OC3(c4ccccc4)c4ccccc4Oc4ccccc43)[C@@H](CO[P+](O)(CCC#N)N(C(C)C)C(C)C)O2)c(=O)nc1NC(=O)C(C)C. The quantitative estimate of drug-likeness (QED) is 0.122. The lowest BCUT2D eigenvalue weighted by Crippen LogP contribution is -2.43. The van der Waals surface area contributed by atoms with Gasteiger partial charge in [0.05, 0.1) is 18.6 Å². The van der Waals surface area contributed by atoms with E-state index in [1.54, 1.807) is 27.0 Å². The number of anilines is 1. The molecule has 2 N–H and O–H groups in total. The van der Waals surface area contributed by atoms with E-state index in [1.165, 1.54) is 4.57 Å². The summed E-state index contributed by atoms with van der Waals surface area (Å²) in [5, 5.41) is 12.3. The van der Waals surface area contributed by atoms with Crippen LogP contribution < -0.4 is 15.7 Å². The number of hydrogen-bond acceptors (Lipinski definition) is 10. The highest BCUT2D eigenvalue weighted by atomic mass is 31.2. The molecule has 0 bridgehead atoms. The Bertz CT molecular complexity index is 2030. The fourth-order valence-corrected chi connectivity index (χ4v) is 10.3. The van der Waals surface area contributed by atoms with Gasteiger partial charge in [-0.05, 0) is 52.3 Å². The van der Waals surface area contributed by atoms with Gasteiger partial charge in [-0.25, -0.2) is 9.69 Å². The Labute approximate surface area is 323 Å². The average Bonchev–Trinajstić information content (AvgIpc) is 3.56. The Balaban J connectivity index is 1.45. The molecule has 4 aromatic rings. The summed E-state index contributed by atoms with van der Waals surface area (Å²) in [6, 6.07) is 27.5. The molecule has 13 heteroatoms. The van der Waals surface area contributed by atoms with E-state index in [0.717, 1.165) is 16.7 Å². The third kappa shape index (κ3) is 8.10. The summed E-state index contributed by atoms with van der Waals surface area (Å²) in [7, 11) is -3.31. The largest absolute Gasteiger partial charge is 0.457 e. The Hall–Kier alpha value is -4.47. The van der Waals surface area contributed by atoms with Gasteiger partial charge in [-0.1, -0.05) is 80.6 Å². The lowest BCUT2D eigenvalue weighted by Gasteiger charge is -2.42. The predicted molar refractivity (Wildman–Crippen MR) is 212 cm³/mol. The first-order chi connectivity index (χ1) is 26.3. The zero-order chi connectivity index (χ0) is 39.5. The minimum Gasteiger partial charge on any atom is -0.457 e. The molecule has 0 saturated carbocycles. The molecule has 12 nitrogen and oxygen atoms in total. The van der Waals surface area contributed by atoms with Gasteiger partial charge < -0.3 is 19.5 Å². The van der Waals surface area contributed by atoms with Crippen LogP contribution in [0.2, 0.25) is 0 Å². The number of para-hydroxylation sites is 2. The third-order valence-corrected chi connectivity index (χ3v) is 13.0. The first kappa shape index (κ1) is 40.2. The molecule has 2 aliphatic rings. The number of rotatable bonds is 14. The van der Waals surface area contributed by atoms with E-state index in [9.17, 15) is 19.7 Å². The van der Waals surface area contributed by atoms with Crippen molar-refractivity contribution in [3.63, 3.8) is 0 Å².